The molecule has 96 valence electrons. The summed E-state index contributed by atoms with van der Waals surface area (Å²) >= 11 is 0. The third-order valence-electron chi connectivity index (χ3n) is 2.05. The Bertz CT molecular complexity index is 490. The second-order valence-electron chi connectivity index (χ2n) is 3.31. The van der Waals surface area contributed by atoms with Crippen molar-refractivity contribution in [2.45, 2.75) is 6.92 Å². The molecule has 0 unspecified atom stereocenters. The zero-order valence-electron chi connectivity index (χ0n) is 9.59. The number of nitro benzene ring substituents is 1. The van der Waals surface area contributed by atoms with Crippen LogP contribution in [-0.4, -0.2) is 29.0 Å². The average molecular weight is 254 g/mol. The molecular weight excluding hydrogens is 244 g/mol. The maximum atomic E-state index is 11.0. The summed E-state index contributed by atoms with van der Waals surface area (Å²) in [5.74, 6) is -1.99. The molecule has 0 aliphatic carbocycles. The minimum Gasteiger partial charge on any atom is -0.496 e. The van der Waals surface area contributed by atoms with Gasteiger partial charge in [-0.05, 0) is 6.07 Å². The number of anilines is 1. The number of benzene rings is 1. The first-order chi connectivity index (χ1) is 8.36. The Labute approximate surface area is 101 Å². The molecule has 2 N–H and O–H groups in total. The first kappa shape index (κ1) is 13.4. The second kappa shape index (κ2) is 5.13. The zero-order valence-corrected chi connectivity index (χ0v) is 9.59. The van der Waals surface area contributed by atoms with Gasteiger partial charge >= 0.3 is 5.97 Å². The Kier molecular flexibility index (Phi) is 3.82. The van der Waals surface area contributed by atoms with E-state index in [0.29, 0.717) is 0 Å². The lowest BCUT2D eigenvalue weighted by molar-refractivity contribution is -0.384. The van der Waals surface area contributed by atoms with Gasteiger partial charge < -0.3 is 15.2 Å². The maximum Gasteiger partial charge on any atom is 0.338 e. The monoisotopic (exact) mass is 254 g/mol. The van der Waals surface area contributed by atoms with Gasteiger partial charge in [-0.2, -0.15) is 0 Å². The van der Waals surface area contributed by atoms with Crippen LogP contribution in [0.4, 0.5) is 11.4 Å². The average Bonchev–Trinajstić information content (AvgIpc) is 2.27. The number of methoxy groups -OCH3 is 1. The number of amides is 1. The molecule has 0 aromatic heterocycles. The van der Waals surface area contributed by atoms with E-state index in [4.69, 9.17) is 9.84 Å². The predicted molar refractivity (Wildman–Crippen MR) is 60.9 cm³/mol. The number of nitrogens with one attached hydrogen (secondary N) is 1. The molecule has 0 heterocycles. The van der Waals surface area contributed by atoms with Gasteiger partial charge in [0, 0.05) is 6.92 Å². The van der Waals surface area contributed by atoms with Crippen molar-refractivity contribution >= 4 is 23.3 Å². The van der Waals surface area contributed by atoms with Gasteiger partial charge in [0.15, 0.2) is 0 Å². The number of carboxylic acid groups (broad SMARTS) is 1. The quantitative estimate of drug-likeness (QED) is 0.616. The van der Waals surface area contributed by atoms with Crippen LogP contribution in [0, 0.1) is 10.1 Å². The van der Waals surface area contributed by atoms with Gasteiger partial charge in [0.2, 0.25) is 5.91 Å². The van der Waals surface area contributed by atoms with Gasteiger partial charge in [0.1, 0.15) is 11.4 Å². The lowest BCUT2D eigenvalue weighted by Crippen LogP contribution is -2.13. The van der Waals surface area contributed by atoms with E-state index in [1.54, 1.807) is 0 Å². The number of carbonyl (C=O) groups excluding carboxylic acids is 1. The number of nitro groups is 1. The van der Waals surface area contributed by atoms with E-state index in [2.05, 4.69) is 5.32 Å². The third-order valence-corrected chi connectivity index (χ3v) is 2.05. The van der Waals surface area contributed by atoms with Crippen molar-refractivity contribution in [3.8, 4) is 5.75 Å². The van der Waals surface area contributed by atoms with Gasteiger partial charge in [-0.1, -0.05) is 0 Å². The van der Waals surface area contributed by atoms with Crippen molar-refractivity contribution in [3.63, 3.8) is 0 Å². The number of hydrogen-bond acceptors (Lipinski definition) is 5. The zero-order chi connectivity index (χ0) is 13.9. The number of hydrogen-bond donors (Lipinski definition) is 2. The molecule has 1 aromatic rings. The molecule has 0 saturated heterocycles. The normalized spacial score (nSPS) is 9.67. The minimum atomic E-state index is -1.40. The second-order valence-corrected chi connectivity index (χ2v) is 3.31. The Morgan fingerprint density at radius 3 is 2.44 bits per heavy atom. The molecule has 8 heteroatoms. The van der Waals surface area contributed by atoms with Gasteiger partial charge in [0.05, 0.1) is 23.7 Å². The molecule has 1 rings (SSSR count). The summed E-state index contributed by atoms with van der Waals surface area (Å²) < 4.78 is 4.78. The van der Waals surface area contributed by atoms with E-state index < -0.39 is 28.1 Å². The number of carboxylic acids is 1. The molecule has 0 bridgehead atoms. The Morgan fingerprint density at radius 2 is 2.06 bits per heavy atom. The van der Waals surface area contributed by atoms with Crippen LogP contribution in [0.3, 0.4) is 0 Å². The lowest BCUT2D eigenvalue weighted by Gasteiger charge is -2.09. The summed E-state index contributed by atoms with van der Waals surface area (Å²) in [6.07, 6.45) is 0. The molecule has 0 aliphatic heterocycles. The van der Waals surface area contributed by atoms with Crippen molar-refractivity contribution in [2.24, 2.45) is 0 Å². The fraction of sp³-hybridized carbons (Fsp3) is 0.200. The highest BCUT2D eigenvalue weighted by molar-refractivity contribution is 6.03. The lowest BCUT2D eigenvalue weighted by atomic mass is 10.1. The molecule has 0 aliphatic rings. The van der Waals surface area contributed by atoms with Crippen molar-refractivity contribution in [2.75, 3.05) is 12.4 Å². The minimum absolute atomic E-state index is 0.0215. The van der Waals surface area contributed by atoms with Crippen LogP contribution in [0.1, 0.15) is 17.3 Å². The van der Waals surface area contributed by atoms with Crippen LogP contribution >= 0.6 is 0 Å². The molecule has 0 saturated carbocycles. The van der Waals surface area contributed by atoms with Crippen LogP contribution in [0.15, 0.2) is 12.1 Å². The first-order valence-corrected chi connectivity index (χ1v) is 4.74. The van der Waals surface area contributed by atoms with Gasteiger partial charge in [-0.15, -0.1) is 0 Å². The summed E-state index contributed by atoms with van der Waals surface area (Å²) in [4.78, 5) is 32.0. The van der Waals surface area contributed by atoms with E-state index in [-0.39, 0.29) is 11.4 Å². The van der Waals surface area contributed by atoms with E-state index in [1.807, 2.05) is 0 Å². The molecule has 8 nitrogen and oxygen atoms in total. The summed E-state index contributed by atoms with van der Waals surface area (Å²) in [6, 6.07) is 2.14. The summed E-state index contributed by atoms with van der Waals surface area (Å²) in [5, 5.41) is 22.0. The molecular formula is C10H10N2O6. The van der Waals surface area contributed by atoms with Crippen LogP contribution in [0.25, 0.3) is 0 Å². The summed E-state index contributed by atoms with van der Waals surface area (Å²) in [5.41, 5.74) is -1.31. The van der Waals surface area contributed by atoms with Crippen molar-refractivity contribution < 1.29 is 24.4 Å². The smallest absolute Gasteiger partial charge is 0.338 e. The molecule has 0 atom stereocenters. The van der Waals surface area contributed by atoms with Crippen LogP contribution in [0.5, 0.6) is 5.75 Å². The van der Waals surface area contributed by atoms with Gasteiger partial charge in [-0.3, -0.25) is 14.9 Å². The highest BCUT2D eigenvalue weighted by Crippen LogP contribution is 2.33. The van der Waals surface area contributed by atoms with Crippen molar-refractivity contribution in [1.82, 2.24) is 0 Å². The summed E-state index contributed by atoms with van der Waals surface area (Å²) in [7, 11) is 1.25. The topological polar surface area (TPSA) is 119 Å². The third kappa shape index (κ3) is 2.73. The highest BCUT2D eigenvalue weighted by Gasteiger charge is 2.24. The van der Waals surface area contributed by atoms with Crippen LogP contribution < -0.4 is 10.1 Å². The molecule has 0 radical (unpaired) electrons. The number of ether oxygens (including phenoxy) is 1. The largest absolute Gasteiger partial charge is 0.496 e. The fourth-order valence-electron chi connectivity index (χ4n) is 1.34. The van der Waals surface area contributed by atoms with Gasteiger partial charge in [0.25, 0.3) is 5.69 Å². The Morgan fingerprint density at radius 1 is 1.44 bits per heavy atom. The number of rotatable bonds is 4. The molecule has 1 amide bonds. The van der Waals surface area contributed by atoms with Gasteiger partial charge in [-0.25, -0.2) is 4.79 Å². The fourth-order valence-corrected chi connectivity index (χ4v) is 1.34. The molecule has 0 fully saturated rings. The highest BCUT2D eigenvalue weighted by atomic mass is 16.6. The molecule has 0 spiro atoms. The Hall–Kier alpha value is -2.64. The number of nitrogens with zero attached hydrogens (tertiary/aromatic N) is 1. The van der Waals surface area contributed by atoms with E-state index in [1.165, 1.54) is 7.11 Å². The maximum absolute atomic E-state index is 11.0. The molecule has 18 heavy (non-hydrogen) atoms. The predicted octanol–water partition coefficient (Wildman–Crippen LogP) is 1.26. The van der Waals surface area contributed by atoms with Crippen molar-refractivity contribution in [3.05, 3.63) is 27.8 Å². The SMILES string of the molecule is COc1cc(C(=O)O)c(NC(C)=O)c([N+](=O)[O-])c1. The first-order valence-electron chi connectivity index (χ1n) is 4.74. The summed E-state index contributed by atoms with van der Waals surface area (Å²) in [6.45, 7) is 1.12. The van der Waals surface area contributed by atoms with Crippen LogP contribution in [0.2, 0.25) is 0 Å². The molecule has 1 aromatic carbocycles. The van der Waals surface area contributed by atoms with E-state index in [0.717, 1.165) is 19.1 Å². The number of carbonyl (C=O) groups is 2. The van der Waals surface area contributed by atoms with Crippen molar-refractivity contribution in [1.29, 1.82) is 0 Å². The Balaban J connectivity index is 3.54. The van der Waals surface area contributed by atoms with E-state index in [9.17, 15) is 19.7 Å². The van der Waals surface area contributed by atoms with Crippen LogP contribution in [-0.2, 0) is 4.79 Å². The van der Waals surface area contributed by atoms with E-state index >= 15 is 0 Å². The number of aromatic carboxylic acids is 1. The standard InChI is InChI=1S/C10H10N2O6/c1-5(13)11-9-7(10(14)15)3-6(18-2)4-8(9)12(16)17/h3-4H,1-2H3,(H,11,13)(H,14,15).